The molecule has 128 valence electrons. The highest BCUT2D eigenvalue weighted by Crippen LogP contribution is 2.58. The Hall–Kier alpha value is -1.89. The Morgan fingerprint density at radius 3 is 2.80 bits per heavy atom. The number of fused-ring (bicyclic) bond motifs is 6. The van der Waals surface area contributed by atoms with E-state index in [2.05, 4.69) is 43.3 Å². The summed E-state index contributed by atoms with van der Waals surface area (Å²) < 4.78 is 0. The molecular formula is C24H26O. The molecule has 1 heteroatoms. The van der Waals surface area contributed by atoms with E-state index in [1.165, 1.54) is 53.1 Å². The van der Waals surface area contributed by atoms with Gasteiger partial charge in [0.25, 0.3) is 0 Å². The Labute approximate surface area is 150 Å². The summed E-state index contributed by atoms with van der Waals surface area (Å²) >= 11 is 0. The van der Waals surface area contributed by atoms with E-state index in [4.69, 9.17) is 0 Å². The van der Waals surface area contributed by atoms with Crippen molar-refractivity contribution in [1.29, 1.82) is 0 Å². The lowest BCUT2D eigenvalue weighted by Gasteiger charge is -2.41. The van der Waals surface area contributed by atoms with Gasteiger partial charge < -0.3 is 0 Å². The van der Waals surface area contributed by atoms with Crippen LogP contribution in [0.3, 0.4) is 0 Å². The average molecular weight is 330 g/mol. The molecule has 1 spiro atoms. The summed E-state index contributed by atoms with van der Waals surface area (Å²) in [5.74, 6) is 1.11. The zero-order chi connectivity index (χ0) is 17.0. The zero-order valence-electron chi connectivity index (χ0n) is 15.1. The third-order valence-electron chi connectivity index (χ3n) is 6.91. The summed E-state index contributed by atoms with van der Waals surface area (Å²) in [6.45, 7) is 2.24. The fourth-order valence-corrected chi connectivity index (χ4v) is 5.69. The molecule has 1 fully saturated rings. The maximum absolute atomic E-state index is 12.6. The lowest BCUT2D eigenvalue weighted by atomic mass is 9.62. The summed E-state index contributed by atoms with van der Waals surface area (Å²) in [5, 5.41) is 2.67. The van der Waals surface area contributed by atoms with E-state index in [1.807, 2.05) is 0 Å². The molecule has 3 aliphatic rings. The van der Waals surface area contributed by atoms with Gasteiger partial charge in [0.05, 0.1) is 0 Å². The Kier molecular flexibility index (Phi) is 3.42. The molecule has 2 atom stereocenters. The van der Waals surface area contributed by atoms with Gasteiger partial charge in [0.1, 0.15) is 5.78 Å². The second kappa shape index (κ2) is 5.56. The largest absolute Gasteiger partial charge is 0.299 e. The van der Waals surface area contributed by atoms with Crippen molar-refractivity contribution in [1.82, 2.24) is 0 Å². The van der Waals surface area contributed by atoms with Gasteiger partial charge >= 0.3 is 0 Å². The standard InChI is InChI=1S/C24H26O/c1-2-3-4-16-5-7-18-13-23-20(11-19(18)9-16)12-22(25)15-24(23)14-17-6-8-21(24)10-17/h5-7,9,11,13,21H,2-4,8,10,12,14-15H2,1H3. The van der Waals surface area contributed by atoms with E-state index in [-0.39, 0.29) is 5.41 Å². The second-order valence-electron chi connectivity index (χ2n) is 8.52. The molecule has 1 nitrogen and oxygen atoms in total. The topological polar surface area (TPSA) is 17.1 Å². The van der Waals surface area contributed by atoms with Crippen molar-refractivity contribution in [2.75, 3.05) is 0 Å². The number of Topliss-reactive ketones (excluding diaryl/α,β-unsaturated/α-hetero) is 1. The van der Waals surface area contributed by atoms with Crippen LogP contribution in [0.25, 0.3) is 10.8 Å². The average Bonchev–Trinajstić information content (AvgIpc) is 3.19. The number of carbonyl (C=O) groups excluding carboxylic acids is 1. The number of rotatable bonds is 3. The highest BCUT2D eigenvalue weighted by atomic mass is 16.1. The van der Waals surface area contributed by atoms with Crippen LogP contribution >= 0.6 is 0 Å². The minimum atomic E-state index is 0.115. The number of carbonyl (C=O) groups is 1. The van der Waals surface area contributed by atoms with Crippen LogP contribution in [0.5, 0.6) is 0 Å². The van der Waals surface area contributed by atoms with Gasteiger partial charge in [-0.05, 0) is 65.5 Å². The van der Waals surface area contributed by atoms with E-state index in [0.717, 1.165) is 19.3 Å². The lowest BCUT2D eigenvalue weighted by molar-refractivity contribution is -0.120. The van der Waals surface area contributed by atoms with Crippen molar-refractivity contribution < 1.29 is 4.79 Å². The van der Waals surface area contributed by atoms with Crippen molar-refractivity contribution >= 4 is 16.6 Å². The molecule has 0 aliphatic heterocycles. The third kappa shape index (κ3) is 2.32. The predicted molar refractivity (Wildman–Crippen MR) is 103 cm³/mol. The molecule has 0 N–H and O–H groups in total. The summed E-state index contributed by atoms with van der Waals surface area (Å²) in [5.41, 5.74) is 5.94. The van der Waals surface area contributed by atoms with Crippen molar-refractivity contribution in [3.05, 3.63) is 58.7 Å². The Balaban J connectivity index is 1.63. The fourth-order valence-electron chi connectivity index (χ4n) is 5.69. The van der Waals surface area contributed by atoms with E-state index in [0.29, 0.717) is 18.1 Å². The normalized spacial score (nSPS) is 27.2. The molecule has 2 unspecified atom stereocenters. The van der Waals surface area contributed by atoms with Gasteiger partial charge in [0.15, 0.2) is 0 Å². The molecule has 25 heavy (non-hydrogen) atoms. The molecule has 3 aliphatic carbocycles. The Bertz CT molecular complexity index is 904. The minimum absolute atomic E-state index is 0.115. The number of hydrogen-bond acceptors (Lipinski definition) is 1. The maximum atomic E-state index is 12.6. The first-order chi connectivity index (χ1) is 12.2. The molecule has 2 bridgehead atoms. The number of allylic oxidation sites excluding steroid dienone is 2. The maximum Gasteiger partial charge on any atom is 0.138 e. The molecule has 1 saturated carbocycles. The second-order valence-corrected chi connectivity index (χ2v) is 8.52. The number of hydrogen-bond donors (Lipinski definition) is 0. The van der Waals surface area contributed by atoms with Crippen LogP contribution in [0.15, 0.2) is 42.0 Å². The lowest BCUT2D eigenvalue weighted by Crippen LogP contribution is -2.39. The molecule has 0 saturated heterocycles. The van der Waals surface area contributed by atoms with Gasteiger partial charge in [0.2, 0.25) is 0 Å². The third-order valence-corrected chi connectivity index (χ3v) is 6.91. The van der Waals surface area contributed by atoms with Crippen LogP contribution in [0.2, 0.25) is 0 Å². The van der Waals surface area contributed by atoms with E-state index in [9.17, 15) is 4.79 Å². The van der Waals surface area contributed by atoms with Gasteiger partial charge in [-0.15, -0.1) is 0 Å². The molecule has 2 aromatic rings. The minimum Gasteiger partial charge on any atom is -0.299 e. The molecular weight excluding hydrogens is 304 g/mol. The highest BCUT2D eigenvalue weighted by Gasteiger charge is 2.51. The SMILES string of the molecule is CCCCc1ccc2cc3c(cc2c1)CC(=O)CC31CC2=CCC1C2. The van der Waals surface area contributed by atoms with Gasteiger partial charge in [-0.1, -0.05) is 55.3 Å². The first-order valence-electron chi connectivity index (χ1n) is 9.93. The predicted octanol–water partition coefficient (Wildman–Crippen LogP) is 5.68. The molecule has 0 amide bonds. The monoisotopic (exact) mass is 330 g/mol. The fraction of sp³-hybridized carbons (Fsp3) is 0.458. The van der Waals surface area contributed by atoms with Crippen LogP contribution in [-0.2, 0) is 23.1 Å². The van der Waals surface area contributed by atoms with Crippen molar-refractivity contribution in [3.8, 4) is 0 Å². The van der Waals surface area contributed by atoms with Crippen molar-refractivity contribution in [3.63, 3.8) is 0 Å². The van der Waals surface area contributed by atoms with Crippen LogP contribution in [0.1, 0.15) is 62.1 Å². The molecule has 0 aromatic heterocycles. The van der Waals surface area contributed by atoms with Gasteiger partial charge in [-0.25, -0.2) is 0 Å². The van der Waals surface area contributed by atoms with E-state index < -0.39 is 0 Å². The van der Waals surface area contributed by atoms with Crippen molar-refractivity contribution in [2.45, 2.75) is 63.7 Å². The van der Waals surface area contributed by atoms with Crippen LogP contribution in [0, 0.1) is 5.92 Å². The van der Waals surface area contributed by atoms with E-state index >= 15 is 0 Å². The Morgan fingerprint density at radius 1 is 1.12 bits per heavy atom. The van der Waals surface area contributed by atoms with Gasteiger partial charge in [0, 0.05) is 18.3 Å². The van der Waals surface area contributed by atoms with Gasteiger partial charge in [-0.2, -0.15) is 0 Å². The molecule has 5 rings (SSSR count). The first-order valence-corrected chi connectivity index (χ1v) is 9.93. The van der Waals surface area contributed by atoms with Crippen molar-refractivity contribution in [2.24, 2.45) is 5.92 Å². The number of ketones is 1. The molecule has 0 radical (unpaired) electrons. The summed E-state index contributed by atoms with van der Waals surface area (Å²) in [6.07, 6.45) is 11.0. The van der Waals surface area contributed by atoms with Crippen LogP contribution in [-0.4, -0.2) is 5.78 Å². The first kappa shape index (κ1) is 15.4. The molecule has 0 heterocycles. The Morgan fingerprint density at radius 2 is 2.04 bits per heavy atom. The van der Waals surface area contributed by atoms with Crippen LogP contribution in [0.4, 0.5) is 0 Å². The summed E-state index contributed by atoms with van der Waals surface area (Å²) in [4.78, 5) is 12.6. The number of unbranched alkanes of at least 4 members (excludes halogenated alkanes) is 1. The smallest absolute Gasteiger partial charge is 0.138 e. The number of aryl methyl sites for hydroxylation is 1. The summed E-state index contributed by atoms with van der Waals surface area (Å²) in [6, 6.07) is 11.7. The van der Waals surface area contributed by atoms with E-state index in [1.54, 1.807) is 5.57 Å². The number of benzene rings is 2. The quantitative estimate of drug-likeness (QED) is 0.662. The van der Waals surface area contributed by atoms with Crippen LogP contribution < -0.4 is 0 Å². The highest BCUT2D eigenvalue weighted by molar-refractivity contribution is 5.91. The zero-order valence-corrected chi connectivity index (χ0v) is 15.1. The summed E-state index contributed by atoms with van der Waals surface area (Å²) in [7, 11) is 0. The van der Waals surface area contributed by atoms with Gasteiger partial charge in [-0.3, -0.25) is 4.79 Å². The molecule has 2 aromatic carbocycles.